The van der Waals surface area contributed by atoms with Crippen LogP contribution in [0.25, 0.3) is 0 Å². The Morgan fingerprint density at radius 2 is 2.00 bits per heavy atom. The van der Waals surface area contributed by atoms with Crippen molar-refractivity contribution in [3.63, 3.8) is 0 Å². The van der Waals surface area contributed by atoms with Crippen molar-refractivity contribution in [2.24, 2.45) is 0 Å². The number of halogens is 1. The highest BCUT2D eigenvalue weighted by atomic mass is 35.5. The van der Waals surface area contributed by atoms with E-state index in [0.717, 1.165) is 12.8 Å². The normalized spacial score (nSPS) is 13.4. The molecule has 70 valence electrons. The highest BCUT2D eigenvalue weighted by Crippen LogP contribution is 2.09. The van der Waals surface area contributed by atoms with E-state index in [4.69, 9.17) is 11.6 Å². The van der Waals surface area contributed by atoms with Gasteiger partial charge in [0.2, 0.25) is 0 Å². The first-order chi connectivity index (χ1) is 6.33. The van der Waals surface area contributed by atoms with Gasteiger partial charge in [0.05, 0.1) is 5.38 Å². The Morgan fingerprint density at radius 3 is 2.62 bits per heavy atom. The molecule has 0 saturated heterocycles. The molecule has 0 amide bonds. The molecule has 0 spiro atoms. The molecule has 0 saturated carbocycles. The lowest BCUT2D eigenvalue weighted by Crippen LogP contribution is -1.96. The van der Waals surface area contributed by atoms with Gasteiger partial charge < -0.3 is 0 Å². The van der Waals surface area contributed by atoms with Crippen LogP contribution in [0.5, 0.6) is 0 Å². The summed E-state index contributed by atoms with van der Waals surface area (Å²) in [5.74, 6) is 0. The van der Waals surface area contributed by atoms with Gasteiger partial charge in [-0.05, 0) is 25.3 Å². The van der Waals surface area contributed by atoms with Crippen molar-refractivity contribution in [3.8, 4) is 0 Å². The monoisotopic (exact) mass is 194 g/mol. The van der Waals surface area contributed by atoms with Crippen molar-refractivity contribution < 1.29 is 0 Å². The number of hydrogen-bond donors (Lipinski definition) is 0. The molecule has 1 aromatic rings. The van der Waals surface area contributed by atoms with Crippen LogP contribution in [0.3, 0.4) is 0 Å². The minimum Gasteiger partial charge on any atom is -0.118 e. The van der Waals surface area contributed by atoms with Gasteiger partial charge >= 0.3 is 0 Å². The van der Waals surface area contributed by atoms with Crippen molar-refractivity contribution in [2.75, 3.05) is 0 Å². The summed E-state index contributed by atoms with van der Waals surface area (Å²) in [7, 11) is 0. The predicted octanol–water partition coefficient (Wildman–Crippen LogP) is 3.80. The summed E-state index contributed by atoms with van der Waals surface area (Å²) in [4.78, 5) is 0. The molecule has 1 rings (SSSR count). The topological polar surface area (TPSA) is 0 Å². The van der Waals surface area contributed by atoms with Gasteiger partial charge in [-0.2, -0.15) is 0 Å². The molecule has 0 aliphatic rings. The molecule has 1 atom stereocenters. The molecule has 0 aromatic heterocycles. The molecular formula is C12H15Cl. The van der Waals surface area contributed by atoms with Crippen LogP contribution < -0.4 is 0 Å². The Hall–Kier alpha value is -0.750. The average Bonchev–Trinajstić information content (AvgIpc) is 2.17. The highest BCUT2D eigenvalue weighted by molar-refractivity contribution is 6.21. The van der Waals surface area contributed by atoms with Gasteiger partial charge in [-0.1, -0.05) is 42.5 Å². The van der Waals surface area contributed by atoms with E-state index >= 15 is 0 Å². The van der Waals surface area contributed by atoms with Crippen LogP contribution >= 0.6 is 11.6 Å². The van der Waals surface area contributed by atoms with E-state index in [1.165, 1.54) is 5.56 Å². The first kappa shape index (κ1) is 10.3. The standard InChI is InChI=1S/C12H15Cl/c1-2-6-12(13)10-9-11-7-4-3-5-8-11/h2-8,12H,9-10H2,1H3/b6-2+. The summed E-state index contributed by atoms with van der Waals surface area (Å²) in [6.45, 7) is 2.00. The van der Waals surface area contributed by atoms with Gasteiger partial charge in [-0.3, -0.25) is 0 Å². The summed E-state index contributed by atoms with van der Waals surface area (Å²) in [6, 6.07) is 10.4. The molecule has 0 nitrogen and oxygen atoms in total. The Labute approximate surface area is 85.2 Å². The lowest BCUT2D eigenvalue weighted by atomic mass is 10.1. The van der Waals surface area contributed by atoms with Gasteiger partial charge in [-0.25, -0.2) is 0 Å². The zero-order chi connectivity index (χ0) is 9.52. The van der Waals surface area contributed by atoms with E-state index in [1.54, 1.807) is 0 Å². The smallest absolute Gasteiger partial charge is 0.0519 e. The molecule has 0 aliphatic heterocycles. The first-order valence-electron chi connectivity index (χ1n) is 4.63. The lowest BCUT2D eigenvalue weighted by Gasteiger charge is -2.03. The Balaban J connectivity index is 2.35. The Bertz CT molecular complexity index is 251. The van der Waals surface area contributed by atoms with Crippen molar-refractivity contribution in [3.05, 3.63) is 48.0 Å². The molecule has 0 bridgehead atoms. The molecule has 1 heteroatoms. The van der Waals surface area contributed by atoms with Crippen LogP contribution in [0.1, 0.15) is 18.9 Å². The molecule has 0 N–H and O–H groups in total. The van der Waals surface area contributed by atoms with Crippen LogP contribution in [0.15, 0.2) is 42.5 Å². The van der Waals surface area contributed by atoms with E-state index in [-0.39, 0.29) is 5.38 Å². The Kier molecular flexibility index (Phi) is 4.63. The van der Waals surface area contributed by atoms with E-state index < -0.39 is 0 Å². The molecule has 1 aromatic carbocycles. The number of hydrogen-bond acceptors (Lipinski definition) is 0. The number of benzene rings is 1. The molecule has 0 heterocycles. The van der Waals surface area contributed by atoms with Crippen LogP contribution in [-0.4, -0.2) is 5.38 Å². The molecular weight excluding hydrogens is 180 g/mol. The largest absolute Gasteiger partial charge is 0.118 e. The predicted molar refractivity (Wildman–Crippen MR) is 59.2 cm³/mol. The van der Waals surface area contributed by atoms with Gasteiger partial charge in [0.25, 0.3) is 0 Å². The zero-order valence-electron chi connectivity index (χ0n) is 7.91. The highest BCUT2D eigenvalue weighted by Gasteiger charge is 1.99. The summed E-state index contributed by atoms with van der Waals surface area (Å²) in [5.41, 5.74) is 1.36. The third kappa shape index (κ3) is 4.14. The maximum atomic E-state index is 6.04. The lowest BCUT2D eigenvalue weighted by molar-refractivity contribution is 0.849. The summed E-state index contributed by atoms with van der Waals surface area (Å²) < 4.78 is 0. The second kappa shape index (κ2) is 5.82. The summed E-state index contributed by atoms with van der Waals surface area (Å²) in [5, 5.41) is 0.171. The first-order valence-corrected chi connectivity index (χ1v) is 5.07. The fourth-order valence-corrected chi connectivity index (χ4v) is 1.51. The van der Waals surface area contributed by atoms with Gasteiger partial charge in [0.15, 0.2) is 0 Å². The van der Waals surface area contributed by atoms with Crippen LogP contribution in [0, 0.1) is 0 Å². The summed E-state index contributed by atoms with van der Waals surface area (Å²) >= 11 is 6.04. The molecule has 0 aliphatic carbocycles. The molecule has 13 heavy (non-hydrogen) atoms. The number of allylic oxidation sites excluding steroid dienone is 2. The minimum absolute atomic E-state index is 0.171. The fourth-order valence-electron chi connectivity index (χ4n) is 1.25. The van der Waals surface area contributed by atoms with E-state index in [2.05, 4.69) is 24.3 Å². The van der Waals surface area contributed by atoms with Crippen molar-refractivity contribution >= 4 is 11.6 Å². The van der Waals surface area contributed by atoms with Crippen LogP contribution in [-0.2, 0) is 6.42 Å². The SMILES string of the molecule is C/C=C/C(Cl)CCc1ccccc1. The zero-order valence-corrected chi connectivity index (χ0v) is 8.67. The average molecular weight is 195 g/mol. The fraction of sp³-hybridized carbons (Fsp3) is 0.333. The van der Waals surface area contributed by atoms with Crippen LogP contribution in [0.2, 0.25) is 0 Å². The van der Waals surface area contributed by atoms with Gasteiger partial charge in [-0.15, -0.1) is 11.6 Å². The van der Waals surface area contributed by atoms with E-state index in [1.807, 2.05) is 25.1 Å². The third-order valence-electron chi connectivity index (χ3n) is 1.95. The second-order valence-corrected chi connectivity index (χ2v) is 3.63. The molecule has 0 radical (unpaired) electrons. The third-order valence-corrected chi connectivity index (χ3v) is 2.32. The van der Waals surface area contributed by atoms with Crippen molar-refractivity contribution in [1.29, 1.82) is 0 Å². The van der Waals surface area contributed by atoms with E-state index in [0.29, 0.717) is 0 Å². The number of alkyl halides is 1. The van der Waals surface area contributed by atoms with E-state index in [9.17, 15) is 0 Å². The van der Waals surface area contributed by atoms with Crippen LogP contribution in [0.4, 0.5) is 0 Å². The number of rotatable bonds is 4. The minimum atomic E-state index is 0.171. The van der Waals surface area contributed by atoms with Gasteiger partial charge in [0.1, 0.15) is 0 Å². The molecule has 1 unspecified atom stereocenters. The number of aryl methyl sites for hydroxylation is 1. The quantitative estimate of drug-likeness (QED) is 0.505. The van der Waals surface area contributed by atoms with Crippen molar-refractivity contribution in [2.45, 2.75) is 25.1 Å². The van der Waals surface area contributed by atoms with Gasteiger partial charge in [0, 0.05) is 0 Å². The van der Waals surface area contributed by atoms with Crippen molar-refractivity contribution in [1.82, 2.24) is 0 Å². The maximum absolute atomic E-state index is 6.04. The second-order valence-electron chi connectivity index (χ2n) is 3.07. The Morgan fingerprint density at radius 1 is 1.31 bits per heavy atom. The summed E-state index contributed by atoms with van der Waals surface area (Å²) in [6.07, 6.45) is 6.10. The maximum Gasteiger partial charge on any atom is 0.0519 e. The molecule has 0 fully saturated rings.